The number of hydrogen-bond acceptors (Lipinski definition) is 4. The summed E-state index contributed by atoms with van der Waals surface area (Å²) in [7, 11) is 0. The van der Waals surface area contributed by atoms with Gasteiger partial charge in [-0.25, -0.2) is 4.98 Å². The van der Waals surface area contributed by atoms with Crippen LogP contribution in [0.5, 0.6) is 0 Å². The number of nitrogens with one attached hydrogen (secondary N) is 1. The Bertz CT molecular complexity index is 605. The lowest BCUT2D eigenvalue weighted by Gasteiger charge is -2.17. The van der Waals surface area contributed by atoms with Crippen LogP contribution in [0.3, 0.4) is 0 Å². The van der Waals surface area contributed by atoms with Crippen LogP contribution >= 0.6 is 11.6 Å². The monoisotopic (exact) mass is 291 g/mol. The summed E-state index contributed by atoms with van der Waals surface area (Å²) in [6.07, 6.45) is 2.18. The van der Waals surface area contributed by atoms with Gasteiger partial charge in [0.2, 0.25) is 5.82 Å². The summed E-state index contributed by atoms with van der Waals surface area (Å²) >= 11 is 5.75. The molecule has 2 rings (SSSR count). The molecule has 0 amide bonds. The van der Waals surface area contributed by atoms with Gasteiger partial charge in [0.25, 0.3) is 0 Å². The highest BCUT2D eigenvalue weighted by atomic mass is 35.5. The molecule has 2 aromatic rings. The molecule has 1 N–H and O–H groups in total. The van der Waals surface area contributed by atoms with Gasteiger partial charge in [-0.2, -0.15) is 0 Å². The zero-order valence-corrected chi connectivity index (χ0v) is 11.7. The minimum atomic E-state index is -0.487. The first-order chi connectivity index (χ1) is 9.61. The maximum Gasteiger partial charge on any atom is 0.312 e. The van der Waals surface area contributed by atoms with Gasteiger partial charge in [0.1, 0.15) is 0 Å². The summed E-state index contributed by atoms with van der Waals surface area (Å²) in [4.78, 5) is 14.6. The number of benzene rings is 1. The number of rotatable bonds is 5. The predicted molar refractivity (Wildman–Crippen MR) is 79.0 cm³/mol. The first-order valence-electron chi connectivity index (χ1n) is 6.23. The highest BCUT2D eigenvalue weighted by Crippen LogP contribution is 2.29. The van der Waals surface area contributed by atoms with Crippen molar-refractivity contribution in [2.24, 2.45) is 0 Å². The summed E-state index contributed by atoms with van der Waals surface area (Å²) in [6.45, 7) is 2.01. The number of aromatic nitrogens is 1. The molecule has 1 heterocycles. The molecule has 0 spiro atoms. The minimum Gasteiger partial charge on any atom is -0.358 e. The Morgan fingerprint density at radius 2 is 2.10 bits per heavy atom. The van der Waals surface area contributed by atoms with E-state index < -0.39 is 4.92 Å². The standard InChI is InChI=1S/C14H14ClN3O2/c1-2-12(10-6-4-3-5-7-10)17-14-13(18(19)20)8-11(15)9-16-14/h3-9,12H,2H2,1H3,(H,16,17). The number of nitrogens with zero attached hydrogens (tertiary/aromatic N) is 2. The average molecular weight is 292 g/mol. The summed E-state index contributed by atoms with van der Waals surface area (Å²) < 4.78 is 0. The van der Waals surface area contributed by atoms with Gasteiger partial charge in [-0.1, -0.05) is 48.9 Å². The van der Waals surface area contributed by atoms with Crippen molar-refractivity contribution in [2.45, 2.75) is 19.4 Å². The van der Waals surface area contributed by atoms with E-state index in [4.69, 9.17) is 11.6 Å². The molecule has 0 fully saturated rings. The highest BCUT2D eigenvalue weighted by molar-refractivity contribution is 6.30. The molecule has 0 saturated carbocycles. The number of halogens is 1. The highest BCUT2D eigenvalue weighted by Gasteiger charge is 2.19. The fraction of sp³-hybridized carbons (Fsp3) is 0.214. The molecule has 104 valence electrons. The maximum atomic E-state index is 11.0. The van der Waals surface area contributed by atoms with E-state index in [0.717, 1.165) is 12.0 Å². The minimum absolute atomic E-state index is 0.0384. The first-order valence-corrected chi connectivity index (χ1v) is 6.61. The van der Waals surface area contributed by atoms with Crippen molar-refractivity contribution < 1.29 is 4.92 Å². The molecule has 0 aliphatic rings. The Kier molecular flexibility index (Phi) is 4.53. The SMILES string of the molecule is CCC(Nc1ncc(Cl)cc1[N+](=O)[O-])c1ccccc1. The molecule has 0 radical (unpaired) electrons. The molecule has 0 aliphatic carbocycles. The van der Waals surface area contributed by atoms with Crippen LogP contribution in [0, 0.1) is 10.1 Å². The number of hydrogen-bond donors (Lipinski definition) is 1. The third-order valence-electron chi connectivity index (χ3n) is 2.95. The van der Waals surface area contributed by atoms with Crippen LogP contribution in [0.4, 0.5) is 11.5 Å². The van der Waals surface area contributed by atoms with Crippen LogP contribution in [0.2, 0.25) is 5.02 Å². The molecule has 1 unspecified atom stereocenters. The van der Waals surface area contributed by atoms with Crippen LogP contribution in [-0.4, -0.2) is 9.91 Å². The Hall–Kier alpha value is -2.14. The maximum absolute atomic E-state index is 11.0. The predicted octanol–water partition coefficient (Wildman–Crippen LogP) is 4.21. The van der Waals surface area contributed by atoms with E-state index in [1.807, 2.05) is 37.3 Å². The second kappa shape index (κ2) is 6.34. The van der Waals surface area contributed by atoms with Crippen molar-refractivity contribution in [2.75, 3.05) is 5.32 Å². The zero-order valence-electron chi connectivity index (χ0n) is 10.9. The van der Waals surface area contributed by atoms with E-state index in [1.165, 1.54) is 12.3 Å². The second-order valence-corrected chi connectivity index (χ2v) is 4.73. The van der Waals surface area contributed by atoms with E-state index in [-0.39, 0.29) is 22.6 Å². The van der Waals surface area contributed by atoms with Crippen molar-refractivity contribution in [3.05, 3.63) is 63.3 Å². The second-order valence-electron chi connectivity index (χ2n) is 4.29. The number of anilines is 1. The molecule has 0 bridgehead atoms. The van der Waals surface area contributed by atoms with Crippen LogP contribution in [0.15, 0.2) is 42.6 Å². The Balaban J connectivity index is 2.31. The molecule has 1 aromatic carbocycles. The molecule has 5 nitrogen and oxygen atoms in total. The first kappa shape index (κ1) is 14.3. The van der Waals surface area contributed by atoms with Crippen LogP contribution in [0.25, 0.3) is 0 Å². The lowest BCUT2D eigenvalue weighted by molar-refractivity contribution is -0.384. The molecule has 20 heavy (non-hydrogen) atoms. The van der Waals surface area contributed by atoms with Crippen molar-refractivity contribution in [1.29, 1.82) is 0 Å². The van der Waals surface area contributed by atoms with E-state index in [0.29, 0.717) is 0 Å². The topological polar surface area (TPSA) is 68.1 Å². The van der Waals surface area contributed by atoms with E-state index in [2.05, 4.69) is 10.3 Å². The quantitative estimate of drug-likeness (QED) is 0.662. The molecular weight excluding hydrogens is 278 g/mol. The van der Waals surface area contributed by atoms with E-state index >= 15 is 0 Å². The van der Waals surface area contributed by atoms with Crippen molar-refractivity contribution in [3.63, 3.8) is 0 Å². The van der Waals surface area contributed by atoms with Crippen LogP contribution in [-0.2, 0) is 0 Å². The fourth-order valence-corrected chi connectivity index (χ4v) is 2.10. The van der Waals surface area contributed by atoms with Crippen LogP contribution < -0.4 is 5.32 Å². The molecule has 0 saturated heterocycles. The number of pyridine rings is 1. The fourth-order valence-electron chi connectivity index (χ4n) is 1.95. The average Bonchev–Trinajstić information content (AvgIpc) is 2.46. The van der Waals surface area contributed by atoms with E-state index in [1.54, 1.807) is 0 Å². The third kappa shape index (κ3) is 3.24. The van der Waals surface area contributed by atoms with Gasteiger partial charge in [-0.15, -0.1) is 0 Å². The van der Waals surface area contributed by atoms with Crippen molar-refractivity contribution in [3.8, 4) is 0 Å². The summed E-state index contributed by atoms with van der Waals surface area (Å²) in [5.41, 5.74) is 0.938. The molecule has 1 atom stereocenters. The van der Waals surface area contributed by atoms with Gasteiger partial charge in [0.05, 0.1) is 16.0 Å². The zero-order chi connectivity index (χ0) is 14.5. The Labute approximate surface area is 121 Å². The van der Waals surface area contributed by atoms with Gasteiger partial charge in [0, 0.05) is 12.3 Å². The van der Waals surface area contributed by atoms with Crippen molar-refractivity contribution >= 4 is 23.1 Å². The van der Waals surface area contributed by atoms with Gasteiger partial charge < -0.3 is 5.32 Å². The normalized spacial score (nSPS) is 11.9. The van der Waals surface area contributed by atoms with Gasteiger partial charge in [-0.3, -0.25) is 10.1 Å². The lowest BCUT2D eigenvalue weighted by atomic mass is 10.0. The molecular formula is C14H14ClN3O2. The molecule has 6 heteroatoms. The third-order valence-corrected chi connectivity index (χ3v) is 3.16. The van der Waals surface area contributed by atoms with Gasteiger partial charge in [0.15, 0.2) is 0 Å². The number of nitro groups is 1. The summed E-state index contributed by atoms with van der Waals surface area (Å²) in [6, 6.07) is 11.0. The van der Waals surface area contributed by atoms with Gasteiger partial charge in [-0.05, 0) is 12.0 Å². The van der Waals surface area contributed by atoms with Crippen molar-refractivity contribution in [1.82, 2.24) is 4.98 Å². The molecule has 1 aromatic heterocycles. The summed E-state index contributed by atoms with van der Waals surface area (Å²) in [5, 5.41) is 14.4. The van der Waals surface area contributed by atoms with Crippen LogP contribution in [0.1, 0.15) is 24.9 Å². The Morgan fingerprint density at radius 1 is 1.40 bits per heavy atom. The molecule has 0 aliphatic heterocycles. The lowest BCUT2D eigenvalue weighted by Crippen LogP contribution is -2.12. The smallest absolute Gasteiger partial charge is 0.312 e. The van der Waals surface area contributed by atoms with E-state index in [9.17, 15) is 10.1 Å². The largest absolute Gasteiger partial charge is 0.358 e. The Morgan fingerprint density at radius 3 is 2.70 bits per heavy atom. The summed E-state index contributed by atoms with van der Waals surface area (Å²) in [5.74, 6) is 0.232. The van der Waals surface area contributed by atoms with Gasteiger partial charge >= 0.3 is 5.69 Å².